The number of nitrogens with zero attached hydrogens (tertiary/aromatic N) is 2. The van der Waals surface area contributed by atoms with Crippen LogP contribution in [0.25, 0.3) is 0 Å². The molecule has 2 unspecified atom stereocenters. The Bertz CT molecular complexity index is 855. The summed E-state index contributed by atoms with van der Waals surface area (Å²) in [5, 5.41) is 2.97. The number of piperazine rings is 1. The summed E-state index contributed by atoms with van der Waals surface area (Å²) in [5.41, 5.74) is 3.25. The van der Waals surface area contributed by atoms with Crippen molar-refractivity contribution in [3.05, 3.63) is 60.2 Å². The van der Waals surface area contributed by atoms with Gasteiger partial charge in [-0.15, -0.1) is 0 Å². The van der Waals surface area contributed by atoms with Crippen molar-refractivity contribution in [2.24, 2.45) is 11.8 Å². The number of hydrogen-bond donors (Lipinski definition) is 1. The highest BCUT2D eigenvalue weighted by Gasteiger charge is 2.49. The van der Waals surface area contributed by atoms with Crippen LogP contribution >= 0.6 is 0 Å². The molecular weight excluding hydrogens is 362 g/mol. The van der Waals surface area contributed by atoms with Gasteiger partial charge in [0.1, 0.15) is 0 Å². The van der Waals surface area contributed by atoms with Crippen LogP contribution in [0.3, 0.4) is 0 Å². The van der Waals surface area contributed by atoms with Gasteiger partial charge in [-0.2, -0.15) is 0 Å². The van der Waals surface area contributed by atoms with E-state index >= 15 is 0 Å². The van der Waals surface area contributed by atoms with Crippen LogP contribution in [0, 0.1) is 11.8 Å². The van der Waals surface area contributed by atoms with E-state index in [9.17, 15) is 9.59 Å². The van der Waals surface area contributed by atoms with Crippen LogP contribution in [-0.4, -0.2) is 42.9 Å². The zero-order valence-corrected chi connectivity index (χ0v) is 17.2. The Balaban J connectivity index is 1.26. The maximum absolute atomic E-state index is 12.8. The van der Waals surface area contributed by atoms with Crippen molar-refractivity contribution < 1.29 is 9.59 Å². The number of benzene rings is 2. The monoisotopic (exact) mass is 391 g/mol. The zero-order valence-electron chi connectivity index (χ0n) is 17.2. The smallest absolute Gasteiger partial charge is 0.228 e. The Morgan fingerprint density at radius 1 is 0.897 bits per heavy atom. The second-order valence-corrected chi connectivity index (χ2v) is 8.36. The first kappa shape index (κ1) is 19.5. The van der Waals surface area contributed by atoms with Crippen molar-refractivity contribution in [2.75, 3.05) is 36.4 Å². The van der Waals surface area contributed by atoms with Crippen LogP contribution in [-0.2, 0) is 9.59 Å². The normalized spacial score (nSPS) is 21.2. The summed E-state index contributed by atoms with van der Waals surface area (Å²) < 4.78 is 0. The molecule has 2 aromatic carbocycles. The molecule has 1 aliphatic heterocycles. The molecule has 0 bridgehead atoms. The number of carbonyl (C=O) groups is 2. The number of hydrogen-bond acceptors (Lipinski definition) is 3. The van der Waals surface area contributed by atoms with Crippen LogP contribution in [0.4, 0.5) is 11.4 Å². The fourth-order valence-corrected chi connectivity index (χ4v) is 4.00. The summed E-state index contributed by atoms with van der Waals surface area (Å²) in [6.07, 6.45) is 0.660. The zero-order chi connectivity index (χ0) is 20.4. The molecule has 1 saturated heterocycles. The lowest BCUT2D eigenvalue weighted by Gasteiger charge is -2.36. The lowest BCUT2D eigenvalue weighted by atomic mass is 10.0. The third-order valence-corrected chi connectivity index (χ3v) is 6.00. The number of amides is 2. The summed E-state index contributed by atoms with van der Waals surface area (Å²) >= 11 is 0. The van der Waals surface area contributed by atoms with Crippen molar-refractivity contribution in [1.29, 1.82) is 0 Å². The van der Waals surface area contributed by atoms with E-state index < -0.39 is 0 Å². The molecule has 2 amide bonds. The highest BCUT2D eigenvalue weighted by Crippen LogP contribution is 2.41. The number of nitrogens with one attached hydrogen (secondary N) is 1. The van der Waals surface area contributed by atoms with Crippen LogP contribution in [0.2, 0.25) is 0 Å². The topological polar surface area (TPSA) is 52.7 Å². The molecule has 1 heterocycles. The average Bonchev–Trinajstić information content (AvgIpc) is 3.55. The van der Waals surface area contributed by atoms with Gasteiger partial charge in [-0.1, -0.05) is 44.2 Å². The molecule has 1 saturated carbocycles. The molecule has 1 N–H and O–H groups in total. The highest BCUT2D eigenvalue weighted by atomic mass is 16.2. The predicted octanol–water partition coefficient (Wildman–Crippen LogP) is 3.73. The van der Waals surface area contributed by atoms with E-state index in [0.717, 1.165) is 31.9 Å². The highest BCUT2D eigenvalue weighted by molar-refractivity contribution is 5.99. The molecule has 2 aromatic rings. The molecule has 29 heavy (non-hydrogen) atoms. The number of para-hydroxylation sites is 1. The van der Waals surface area contributed by atoms with Crippen LogP contribution in [0.5, 0.6) is 0 Å². The minimum Gasteiger partial charge on any atom is -0.368 e. The molecule has 152 valence electrons. The Morgan fingerprint density at radius 2 is 1.55 bits per heavy atom. The van der Waals surface area contributed by atoms with Gasteiger partial charge in [0.05, 0.1) is 11.8 Å². The van der Waals surface area contributed by atoms with Gasteiger partial charge in [-0.05, 0) is 42.2 Å². The lowest BCUT2D eigenvalue weighted by Crippen LogP contribution is -2.49. The standard InChI is InChI=1S/C24H29N3O2/c1-17(2)18-8-10-19(11-9-18)25-23(28)21-16-22(21)24(29)27-14-12-26(13-15-27)20-6-4-3-5-7-20/h3-11,17,21-22H,12-16H2,1-2H3,(H,25,28). The van der Waals surface area contributed by atoms with Gasteiger partial charge in [0.25, 0.3) is 0 Å². The Morgan fingerprint density at radius 3 is 2.17 bits per heavy atom. The molecule has 0 spiro atoms. The first-order valence-electron chi connectivity index (χ1n) is 10.5. The first-order chi connectivity index (χ1) is 14.0. The quantitative estimate of drug-likeness (QED) is 0.845. The lowest BCUT2D eigenvalue weighted by molar-refractivity contribution is -0.134. The van der Waals surface area contributed by atoms with Gasteiger partial charge in [0, 0.05) is 37.6 Å². The fraction of sp³-hybridized carbons (Fsp3) is 0.417. The number of rotatable bonds is 5. The summed E-state index contributed by atoms with van der Waals surface area (Å²) in [7, 11) is 0. The molecule has 0 aromatic heterocycles. The van der Waals surface area contributed by atoms with E-state index in [1.807, 2.05) is 47.4 Å². The van der Waals surface area contributed by atoms with Gasteiger partial charge >= 0.3 is 0 Å². The van der Waals surface area contributed by atoms with Gasteiger partial charge in [-0.3, -0.25) is 9.59 Å². The summed E-state index contributed by atoms with van der Waals surface area (Å²) in [5.74, 6) is 0.205. The third-order valence-electron chi connectivity index (χ3n) is 6.00. The number of carbonyl (C=O) groups excluding carboxylic acids is 2. The van der Waals surface area contributed by atoms with Gasteiger partial charge in [0.2, 0.25) is 11.8 Å². The van der Waals surface area contributed by atoms with E-state index in [0.29, 0.717) is 12.3 Å². The Labute approximate surface area is 172 Å². The third kappa shape index (κ3) is 4.44. The van der Waals surface area contributed by atoms with E-state index in [1.165, 1.54) is 11.3 Å². The molecule has 2 aliphatic rings. The van der Waals surface area contributed by atoms with Gasteiger partial charge < -0.3 is 15.1 Å². The molecule has 0 radical (unpaired) electrons. The maximum atomic E-state index is 12.8. The molecule has 1 aliphatic carbocycles. The van der Waals surface area contributed by atoms with Crippen LogP contribution in [0.15, 0.2) is 54.6 Å². The average molecular weight is 392 g/mol. The predicted molar refractivity (Wildman–Crippen MR) is 116 cm³/mol. The second-order valence-electron chi connectivity index (χ2n) is 8.36. The van der Waals surface area contributed by atoms with Crippen molar-refractivity contribution in [1.82, 2.24) is 4.90 Å². The van der Waals surface area contributed by atoms with E-state index in [-0.39, 0.29) is 23.7 Å². The molecule has 5 nitrogen and oxygen atoms in total. The van der Waals surface area contributed by atoms with E-state index in [4.69, 9.17) is 0 Å². The Kier molecular flexibility index (Phi) is 5.56. The summed E-state index contributed by atoms with van der Waals surface area (Å²) in [4.78, 5) is 29.6. The first-order valence-corrected chi connectivity index (χ1v) is 10.5. The van der Waals surface area contributed by atoms with Crippen molar-refractivity contribution in [2.45, 2.75) is 26.2 Å². The number of anilines is 2. The van der Waals surface area contributed by atoms with Gasteiger partial charge in [0.15, 0.2) is 0 Å². The minimum atomic E-state index is -0.195. The maximum Gasteiger partial charge on any atom is 0.228 e. The van der Waals surface area contributed by atoms with Gasteiger partial charge in [-0.25, -0.2) is 0 Å². The van der Waals surface area contributed by atoms with Crippen molar-refractivity contribution >= 4 is 23.2 Å². The van der Waals surface area contributed by atoms with Crippen LogP contribution < -0.4 is 10.2 Å². The molecule has 4 rings (SSSR count). The molecule has 5 heteroatoms. The van der Waals surface area contributed by atoms with Crippen LogP contribution in [0.1, 0.15) is 31.7 Å². The van der Waals surface area contributed by atoms with E-state index in [1.54, 1.807) is 0 Å². The summed E-state index contributed by atoms with van der Waals surface area (Å²) in [6, 6.07) is 18.3. The van der Waals surface area contributed by atoms with Crippen molar-refractivity contribution in [3.63, 3.8) is 0 Å². The minimum absolute atomic E-state index is 0.0384. The molecule has 2 atom stereocenters. The van der Waals surface area contributed by atoms with E-state index in [2.05, 4.69) is 36.2 Å². The molecular formula is C24H29N3O2. The second kappa shape index (κ2) is 8.27. The summed E-state index contributed by atoms with van der Waals surface area (Å²) in [6.45, 7) is 7.40. The molecule has 2 fully saturated rings. The largest absolute Gasteiger partial charge is 0.368 e. The SMILES string of the molecule is CC(C)c1ccc(NC(=O)C2CC2C(=O)N2CCN(c3ccccc3)CC2)cc1. The Hall–Kier alpha value is -2.82. The fourth-order valence-electron chi connectivity index (χ4n) is 4.00. The van der Waals surface area contributed by atoms with Crippen molar-refractivity contribution in [3.8, 4) is 0 Å².